The molecule has 0 amide bonds. The van der Waals surface area contributed by atoms with E-state index in [2.05, 4.69) is 37.9 Å². The number of ether oxygens (including phenoxy) is 2. The lowest BCUT2D eigenvalue weighted by atomic mass is 10.1. The topological polar surface area (TPSA) is 55.8 Å². The van der Waals surface area contributed by atoms with Crippen molar-refractivity contribution in [3.63, 3.8) is 0 Å². The molecule has 0 N–H and O–H groups in total. The molecule has 0 fully saturated rings. The smallest absolute Gasteiger partial charge is 0.306 e. The van der Waals surface area contributed by atoms with E-state index in [1.807, 2.05) is 12.2 Å². The quantitative estimate of drug-likeness (QED) is 0.0494. The number of carbonyl (C=O) groups is 2. The van der Waals surface area contributed by atoms with Crippen LogP contribution < -0.4 is 0 Å². The Balaban J connectivity index is 3.40. The SMILES string of the molecule is CCCCCC/C=C\COC(=O)CCCCCCCN(C)CCCCCCCC(=O)OC/C=C\CCCCCC. The third-order valence-electron chi connectivity index (χ3n) is 7.30. The van der Waals surface area contributed by atoms with Gasteiger partial charge >= 0.3 is 11.9 Å². The van der Waals surface area contributed by atoms with Crippen molar-refractivity contribution in [3.8, 4) is 0 Å². The number of hydrogen-bond donors (Lipinski definition) is 0. The molecule has 0 radical (unpaired) electrons. The van der Waals surface area contributed by atoms with Crippen LogP contribution in [-0.2, 0) is 19.1 Å². The normalized spacial score (nSPS) is 11.7. The second-order valence-electron chi connectivity index (χ2n) is 11.3. The van der Waals surface area contributed by atoms with E-state index in [0.29, 0.717) is 26.1 Å². The van der Waals surface area contributed by atoms with Crippen LogP contribution in [0.5, 0.6) is 0 Å². The molecule has 0 aliphatic heterocycles. The van der Waals surface area contributed by atoms with Crippen LogP contribution in [0, 0.1) is 0 Å². The fourth-order valence-electron chi connectivity index (χ4n) is 4.65. The summed E-state index contributed by atoms with van der Waals surface area (Å²) in [4.78, 5) is 26.1. The maximum Gasteiger partial charge on any atom is 0.306 e. The fourth-order valence-corrected chi connectivity index (χ4v) is 4.65. The zero-order valence-electron chi connectivity index (χ0n) is 26.8. The van der Waals surface area contributed by atoms with E-state index in [4.69, 9.17) is 9.47 Å². The van der Waals surface area contributed by atoms with Crippen LogP contribution in [0.4, 0.5) is 0 Å². The Bertz CT molecular complexity index is 565. The summed E-state index contributed by atoms with van der Waals surface area (Å²) < 4.78 is 10.6. The summed E-state index contributed by atoms with van der Waals surface area (Å²) in [6.07, 6.45) is 33.0. The van der Waals surface area contributed by atoms with E-state index >= 15 is 0 Å². The molecule has 40 heavy (non-hydrogen) atoms. The lowest BCUT2D eigenvalue weighted by molar-refractivity contribution is -0.143. The second-order valence-corrected chi connectivity index (χ2v) is 11.3. The van der Waals surface area contributed by atoms with E-state index < -0.39 is 0 Å². The first-order valence-corrected chi connectivity index (χ1v) is 16.9. The van der Waals surface area contributed by atoms with Crippen molar-refractivity contribution in [1.29, 1.82) is 0 Å². The Kier molecular flexibility index (Phi) is 30.6. The molecule has 0 aliphatic rings. The highest BCUT2D eigenvalue weighted by molar-refractivity contribution is 5.69. The van der Waals surface area contributed by atoms with Crippen LogP contribution in [0.3, 0.4) is 0 Å². The number of allylic oxidation sites excluding steroid dienone is 2. The Morgan fingerprint density at radius 2 is 0.875 bits per heavy atom. The first kappa shape index (κ1) is 38.4. The summed E-state index contributed by atoms with van der Waals surface area (Å²) in [5.41, 5.74) is 0. The van der Waals surface area contributed by atoms with Crippen LogP contribution in [0.25, 0.3) is 0 Å². The zero-order chi connectivity index (χ0) is 29.4. The summed E-state index contributed by atoms with van der Waals surface area (Å²) in [6, 6.07) is 0. The molecule has 0 saturated carbocycles. The van der Waals surface area contributed by atoms with Gasteiger partial charge in [-0.25, -0.2) is 0 Å². The van der Waals surface area contributed by atoms with Gasteiger partial charge < -0.3 is 14.4 Å². The monoisotopic (exact) mass is 563 g/mol. The lowest BCUT2D eigenvalue weighted by Gasteiger charge is -2.16. The average molecular weight is 564 g/mol. The van der Waals surface area contributed by atoms with E-state index in [0.717, 1.165) is 51.6 Å². The molecular formula is C35H65NO4. The van der Waals surface area contributed by atoms with Crippen LogP contribution in [0.15, 0.2) is 24.3 Å². The van der Waals surface area contributed by atoms with Gasteiger partial charge in [0, 0.05) is 12.8 Å². The van der Waals surface area contributed by atoms with Crippen molar-refractivity contribution in [2.24, 2.45) is 0 Å². The van der Waals surface area contributed by atoms with Gasteiger partial charge in [0.2, 0.25) is 0 Å². The molecule has 5 heteroatoms. The zero-order valence-corrected chi connectivity index (χ0v) is 26.8. The van der Waals surface area contributed by atoms with Crippen LogP contribution in [-0.4, -0.2) is 50.2 Å². The van der Waals surface area contributed by atoms with Crippen molar-refractivity contribution in [3.05, 3.63) is 24.3 Å². The van der Waals surface area contributed by atoms with Crippen LogP contribution >= 0.6 is 0 Å². The van der Waals surface area contributed by atoms with Crippen molar-refractivity contribution in [1.82, 2.24) is 4.90 Å². The van der Waals surface area contributed by atoms with E-state index in [9.17, 15) is 9.59 Å². The van der Waals surface area contributed by atoms with Gasteiger partial charge in [-0.15, -0.1) is 0 Å². The molecule has 0 unspecified atom stereocenters. The number of rotatable bonds is 30. The third kappa shape index (κ3) is 30.9. The van der Waals surface area contributed by atoms with Crippen LogP contribution in [0.1, 0.15) is 155 Å². The Morgan fingerprint density at radius 1 is 0.500 bits per heavy atom. The van der Waals surface area contributed by atoms with Gasteiger partial charge in [-0.3, -0.25) is 9.59 Å². The predicted molar refractivity (Wildman–Crippen MR) is 171 cm³/mol. The number of hydrogen-bond acceptors (Lipinski definition) is 5. The van der Waals surface area contributed by atoms with Gasteiger partial charge in [-0.1, -0.05) is 115 Å². The highest BCUT2D eigenvalue weighted by atomic mass is 16.5. The molecule has 0 atom stereocenters. The predicted octanol–water partition coefficient (Wildman–Crippen LogP) is 9.74. The van der Waals surface area contributed by atoms with Crippen LogP contribution in [0.2, 0.25) is 0 Å². The second kappa shape index (κ2) is 31.9. The minimum atomic E-state index is -0.0634. The highest BCUT2D eigenvalue weighted by Gasteiger charge is 2.03. The molecule has 0 saturated heterocycles. The number of carbonyl (C=O) groups excluding carboxylic acids is 2. The van der Waals surface area contributed by atoms with Crippen molar-refractivity contribution >= 4 is 11.9 Å². The molecule has 0 heterocycles. The van der Waals surface area contributed by atoms with Crippen molar-refractivity contribution < 1.29 is 19.1 Å². The number of unbranched alkanes of at least 4 members (excludes halogenated alkanes) is 16. The molecule has 234 valence electrons. The van der Waals surface area contributed by atoms with E-state index in [1.165, 1.54) is 89.9 Å². The van der Waals surface area contributed by atoms with Gasteiger partial charge in [0.1, 0.15) is 13.2 Å². The van der Waals surface area contributed by atoms with Gasteiger partial charge in [0.05, 0.1) is 0 Å². The molecule has 0 aromatic carbocycles. The van der Waals surface area contributed by atoms with Gasteiger partial charge in [0.15, 0.2) is 0 Å². The standard InChI is InChI=1S/C35H65NO4/c1-4-6-8-10-12-20-26-32-39-34(37)28-22-16-14-18-24-30-36(3)31-25-19-15-17-23-29-35(38)40-33-27-21-13-11-9-7-5-2/h20-21,26-27H,4-19,22-25,28-33H2,1-3H3/b26-20-,27-21-. The van der Waals surface area contributed by atoms with E-state index in [1.54, 1.807) is 0 Å². The molecule has 0 aliphatic carbocycles. The third-order valence-corrected chi connectivity index (χ3v) is 7.30. The molecule has 5 nitrogen and oxygen atoms in total. The average Bonchev–Trinajstić information content (AvgIpc) is 2.94. The maximum absolute atomic E-state index is 11.8. The maximum atomic E-state index is 11.8. The highest BCUT2D eigenvalue weighted by Crippen LogP contribution is 2.10. The molecule has 0 aromatic heterocycles. The first-order chi connectivity index (χ1) is 19.6. The van der Waals surface area contributed by atoms with Crippen molar-refractivity contribution in [2.45, 2.75) is 155 Å². The minimum Gasteiger partial charge on any atom is -0.461 e. The summed E-state index contributed by atoms with van der Waals surface area (Å²) in [5.74, 6) is -0.127. The van der Waals surface area contributed by atoms with Gasteiger partial charge in [-0.05, 0) is 71.5 Å². The Morgan fingerprint density at radius 3 is 1.30 bits per heavy atom. The van der Waals surface area contributed by atoms with Gasteiger partial charge in [-0.2, -0.15) is 0 Å². The lowest BCUT2D eigenvalue weighted by Crippen LogP contribution is -2.20. The summed E-state index contributed by atoms with van der Waals surface area (Å²) >= 11 is 0. The molecule has 0 aromatic rings. The number of esters is 2. The summed E-state index contributed by atoms with van der Waals surface area (Å²) in [6.45, 7) is 7.58. The largest absolute Gasteiger partial charge is 0.461 e. The Labute approximate surface area is 248 Å². The van der Waals surface area contributed by atoms with E-state index in [-0.39, 0.29) is 11.9 Å². The van der Waals surface area contributed by atoms with Gasteiger partial charge in [0.25, 0.3) is 0 Å². The Hall–Kier alpha value is -1.62. The molecule has 0 spiro atoms. The fraction of sp³-hybridized carbons (Fsp3) is 0.829. The van der Waals surface area contributed by atoms with Crippen molar-refractivity contribution in [2.75, 3.05) is 33.4 Å². The molecule has 0 rings (SSSR count). The minimum absolute atomic E-state index is 0.0634. The first-order valence-electron chi connectivity index (χ1n) is 16.9. The number of nitrogens with zero attached hydrogens (tertiary/aromatic N) is 1. The summed E-state index contributed by atoms with van der Waals surface area (Å²) in [7, 11) is 2.21. The molecule has 0 bridgehead atoms. The molecular weight excluding hydrogens is 498 g/mol. The summed E-state index contributed by atoms with van der Waals surface area (Å²) in [5, 5.41) is 0.